The van der Waals surface area contributed by atoms with Crippen LogP contribution in [0, 0.1) is 5.82 Å². The number of hydrogen-bond acceptors (Lipinski definition) is 3. The van der Waals surface area contributed by atoms with Crippen LogP contribution in [0.2, 0.25) is 0 Å². The van der Waals surface area contributed by atoms with Gasteiger partial charge in [0, 0.05) is 44.0 Å². The Hall–Kier alpha value is -1.88. The van der Waals surface area contributed by atoms with E-state index in [-0.39, 0.29) is 11.9 Å². The van der Waals surface area contributed by atoms with Gasteiger partial charge in [-0.05, 0) is 18.2 Å². The average molecular weight is 261 g/mol. The Morgan fingerprint density at radius 3 is 3.26 bits per heavy atom. The number of fused-ring (bicyclic) bond motifs is 1. The Morgan fingerprint density at radius 2 is 2.42 bits per heavy atom. The number of ether oxygens (including phenoxy) is 1. The molecule has 0 aliphatic carbocycles. The van der Waals surface area contributed by atoms with Crippen molar-refractivity contribution in [3.8, 4) is 5.75 Å². The molecule has 0 radical (unpaired) electrons. The topological polar surface area (TPSA) is 39.1 Å². The van der Waals surface area contributed by atoms with Gasteiger partial charge in [-0.3, -0.25) is 0 Å². The van der Waals surface area contributed by atoms with E-state index >= 15 is 0 Å². The predicted octanol–water partition coefficient (Wildman–Crippen LogP) is 1.62. The maximum atomic E-state index is 13.1. The highest BCUT2D eigenvalue weighted by molar-refractivity contribution is 5.37. The van der Waals surface area contributed by atoms with Gasteiger partial charge in [0.05, 0.1) is 6.33 Å². The van der Waals surface area contributed by atoms with Crippen LogP contribution in [0.5, 0.6) is 5.75 Å². The zero-order chi connectivity index (χ0) is 13.1. The van der Waals surface area contributed by atoms with Crippen molar-refractivity contribution >= 4 is 0 Å². The Bertz CT molecular complexity index is 542. The summed E-state index contributed by atoms with van der Waals surface area (Å²) < 4.78 is 20.8. The van der Waals surface area contributed by atoms with Gasteiger partial charge in [0.2, 0.25) is 0 Å². The number of rotatable bonds is 5. The number of aromatic nitrogens is 2. The molecule has 1 aromatic carbocycles. The molecule has 0 spiro atoms. The van der Waals surface area contributed by atoms with Gasteiger partial charge in [0.25, 0.3) is 0 Å². The van der Waals surface area contributed by atoms with Crippen LogP contribution in [0.4, 0.5) is 4.39 Å². The van der Waals surface area contributed by atoms with Gasteiger partial charge in [-0.2, -0.15) is 0 Å². The van der Waals surface area contributed by atoms with E-state index in [4.69, 9.17) is 4.74 Å². The predicted molar refractivity (Wildman–Crippen MR) is 69.6 cm³/mol. The molecule has 2 heterocycles. The maximum Gasteiger partial charge on any atom is 0.123 e. The molecular weight excluding hydrogens is 245 g/mol. The molecule has 5 heteroatoms. The Morgan fingerprint density at radius 1 is 1.47 bits per heavy atom. The fraction of sp³-hybridized carbons (Fsp3) is 0.357. The molecule has 0 amide bonds. The number of nitrogens with zero attached hydrogens (tertiary/aromatic N) is 2. The Labute approximate surface area is 111 Å². The molecule has 100 valence electrons. The van der Waals surface area contributed by atoms with Gasteiger partial charge < -0.3 is 14.6 Å². The molecular formula is C14H16FN3O. The van der Waals surface area contributed by atoms with Crippen molar-refractivity contribution in [2.75, 3.05) is 13.1 Å². The van der Waals surface area contributed by atoms with E-state index in [0.717, 1.165) is 37.4 Å². The molecule has 1 atom stereocenters. The molecule has 0 saturated heterocycles. The summed E-state index contributed by atoms with van der Waals surface area (Å²) in [5.74, 6) is 0.610. The number of imidazole rings is 1. The van der Waals surface area contributed by atoms with Gasteiger partial charge in [0.1, 0.15) is 17.7 Å². The Kier molecular flexibility index (Phi) is 3.46. The third-order valence-corrected chi connectivity index (χ3v) is 3.24. The summed E-state index contributed by atoms with van der Waals surface area (Å²) in [6, 6.07) is 4.70. The lowest BCUT2D eigenvalue weighted by Crippen LogP contribution is -2.32. The van der Waals surface area contributed by atoms with Crippen molar-refractivity contribution in [3.05, 3.63) is 48.3 Å². The van der Waals surface area contributed by atoms with E-state index in [0.29, 0.717) is 0 Å². The van der Waals surface area contributed by atoms with E-state index in [9.17, 15) is 4.39 Å². The number of benzene rings is 1. The molecule has 0 bridgehead atoms. The van der Waals surface area contributed by atoms with Crippen molar-refractivity contribution in [2.45, 2.75) is 19.1 Å². The molecule has 1 aliphatic heterocycles. The second kappa shape index (κ2) is 5.40. The minimum absolute atomic E-state index is 0.0968. The molecule has 1 aliphatic rings. The van der Waals surface area contributed by atoms with Crippen molar-refractivity contribution in [3.63, 3.8) is 0 Å². The van der Waals surface area contributed by atoms with Crippen molar-refractivity contribution in [2.24, 2.45) is 0 Å². The summed E-state index contributed by atoms with van der Waals surface area (Å²) in [5, 5.41) is 3.35. The first-order valence-electron chi connectivity index (χ1n) is 6.43. The molecule has 1 N–H and O–H groups in total. The van der Waals surface area contributed by atoms with Crippen LogP contribution in [-0.4, -0.2) is 28.7 Å². The molecule has 4 nitrogen and oxygen atoms in total. The lowest BCUT2D eigenvalue weighted by molar-refractivity contribution is 0.227. The standard InChI is InChI=1S/C14H16FN3O/c15-12-1-2-14-11(7-12)8-13(19-14)9-16-3-5-18-6-4-17-10-18/h1-2,4,6-7,10,13,16H,3,5,8-9H2. The molecule has 2 aromatic rings. The van der Waals surface area contributed by atoms with Crippen LogP contribution in [0.25, 0.3) is 0 Å². The lowest BCUT2D eigenvalue weighted by Gasteiger charge is -2.11. The van der Waals surface area contributed by atoms with Crippen molar-refractivity contribution in [1.82, 2.24) is 14.9 Å². The van der Waals surface area contributed by atoms with Crippen LogP contribution in [0.1, 0.15) is 5.56 Å². The van der Waals surface area contributed by atoms with Gasteiger partial charge in [0.15, 0.2) is 0 Å². The highest BCUT2D eigenvalue weighted by atomic mass is 19.1. The number of nitrogens with one attached hydrogen (secondary N) is 1. The smallest absolute Gasteiger partial charge is 0.123 e. The first-order chi connectivity index (χ1) is 9.31. The first kappa shape index (κ1) is 12.2. The molecule has 1 aromatic heterocycles. The summed E-state index contributed by atoms with van der Waals surface area (Å²) >= 11 is 0. The zero-order valence-corrected chi connectivity index (χ0v) is 10.6. The van der Waals surface area contributed by atoms with Gasteiger partial charge in [-0.25, -0.2) is 9.37 Å². The zero-order valence-electron chi connectivity index (χ0n) is 10.6. The highest BCUT2D eigenvalue weighted by Crippen LogP contribution is 2.28. The number of halogens is 1. The summed E-state index contributed by atoms with van der Waals surface area (Å²) in [6.07, 6.45) is 6.37. The third-order valence-electron chi connectivity index (χ3n) is 3.24. The van der Waals surface area contributed by atoms with E-state index in [2.05, 4.69) is 10.3 Å². The number of hydrogen-bond donors (Lipinski definition) is 1. The third kappa shape index (κ3) is 2.93. The minimum atomic E-state index is -0.198. The van der Waals surface area contributed by atoms with E-state index in [1.54, 1.807) is 24.7 Å². The quantitative estimate of drug-likeness (QED) is 0.831. The molecule has 3 rings (SSSR count). The lowest BCUT2D eigenvalue weighted by atomic mass is 10.1. The van der Waals surface area contributed by atoms with Gasteiger partial charge >= 0.3 is 0 Å². The largest absolute Gasteiger partial charge is 0.488 e. The SMILES string of the molecule is Fc1ccc2c(c1)CC(CNCCn1ccnc1)O2. The van der Waals surface area contributed by atoms with Crippen molar-refractivity contribution in [1.29, 1.82) is 0 Å². The van der Waals surface area contributed by atoms with Crippen LogP contribution < -0.4 is 10.1 Å². The van der Waals surface area contributed by atoms with Crippen LogP contribution in [0.15, 0.2) is 36.9 Å². The minimum Gasteiger partial charge on any atom is -0.488 e. The van der Waals surface area contributed by atoms with E-state index in [1.807, 2.05) is 10.8 Å². The molecule has 19 heavy (non-hydrogen) atoms. The summed E-state index contributed by atoms with van der Waals surface area (Å²) in [6.45, 7) is 2.51. The van der Waals surface area contributed by atoms with Crippen molar-refractivity contribution < 1.29 is 9.13 Å². The van der Waals surface area contributed by atoms with Crippen LogP contribution in [-0.2, 0) is 13.0 Å². The second-order valence-electron chi connectivity index (χ2n) is 4.70. The van der Waals surface area contributed by atoms with E-state index < -0.39 is 0 Å². The second-order valence-corrected chi connectivity index (χ2v) is 4.70. The molecule has 1 unspecified atom stereocenters. The summed E-state index contributed by atoms with van der Waals surface area (Å²) in [7, 11) is 0. The monoisotopic (exact) mass is 261 g/mol. The van der Waals surface area contributed by atoms with Gasteiger partial charge in [-0.1, -0.05) is 0 Å². The fourth-order valence-electron chi connectivity index (χ4n) is 2.29. The molecule has 0 fully saturated rings. The Balaban J connectivity index is 1.43. The van der Waals surface area contributed by atoms with Gasteiger partial charge in [-0.15, -0.1) is 0 Å². The summed E-state index contributed by atoms with van der Waals surface area (Å²) in [4.78, 5) is 3.99. The maximum absolute atomic E-state index is 13.1. The average Bonchev–Trinajstić information content (AvgIpc) is 3.02. The first-order valence-corrected chi connectivity index (χ1v) is 6.43. The van der Waals surface area contributed by atoms with Crippen LogP contribution >= 0.6 is 0 Å². The highest BCUT2D eigenvalue weighted by Gasteiger charge is 2.22. The normalized spacial score (nSPS) is 17.2. The fourth-order valence-corrected chi connectivity index (χ4v) is 2.29. The molecule has 0 saturated carbocycles. The van der Waals surface area contributed by atoms with Crippen LogP contribution in [0.3, 0.4) is 0 Å². The summed E-state index contributed by atoms with van der Waals surface area (Å²) in [5.41, 5.74) is 0.960. The van der Waals surface area contributed by atoms with E-state index in [1.165, 1.54) is 6.07 Å².